The van der Waals surface area contributed by atoms with E-state index < -0.39 is 0 Å². The van der Waals surface area contributed by atoms with Crippen molar-refractivity contribution >= 4 is 17.5 Å². The van der Waals surface area contributed by atoms with Gasteiger partial charge in [-0.3, -0.25) is 9.78 Å². The molecule has 3 heterocycles. The Bertz CT molecular complexity index is 1130. The molecule has 32 heavy (non-hydrogen) atoms. The quantitative estimate of drug-likeness (QED) is 0.490. The molecule has 0 saturated carbocycles. The lowest BCUT2D eigenvalue weighted by atomic mass is 9.90. The minimum atomic E-state index is -0.0516. The molecule has 0 unspecified atom stereocenters. The Hall–Kier alpha value is -2.79. The predicted octanol–water partition coefficient (Wildman–Crippen LogP) is 6.03. The van der Waals surface area contributed by atoms with Crippen LogP contribution in [0.3, 0.4) is 0 Å². The highest BCUT2D eigenvalue weighted by Gasteiger charge is 2.22. The van der Waals surface area contributed by atoms with Gasteiger partial charge in [0.1, 0.15) is 0 Å². The van der Waals surface area contributed by atoms with E-state index in [1.54, 1.807) is 12.3 Å². The molecule has 0 bridgehead atoms. The van der Waals surface area contributed by atoms with Crippen LogP contribution in [-0.2, 0) is 5.41 Å². The molecule has 5 nitrogen and oxygen atoms in total. The lowest BCUT2D eigenvalue weighted by Gasteiger charge is -2.30. The van der Waals surface area contributed by atoms with E-state index >= 15 is 0 Å². The Morgan fingerprint density at radius 2 is 1.75 bits per heavy atom. The summed E-state index contributed by atoms with van der Waals surface area (Å²) < 4.78 is 0. The Morgan fingerprint density at radius 1 is 1.03 bits per heavy atom. The van der Waals surface area contributed by atoms with E-state index in [-0.39, 0.29) is 11.3 Å². The molecule has 1 aliphatic heterocycles. The zero-order valence-corrected chi connectivity index (χ0v) is 19.9. The number of benzene rings is 1. The summed E-state index contributed by atoms with van der Waals surface area (Å²) in [7, 11) is 0. The van der Waals surface area contributed by atoms with E-state index in [9.17, 15) is 4.79 Å². The number of halogens is 1. The van der Waals surface area contributed by atoms with Crippen LogP contribution in [0.15, 0.2) is 48.8 Å². The van der Waals surface area contributed by atoms with Crippen LogP contribution in [0.2, 0.25) is 5.02 Å². The van der Waals surface area contributed by atoms with Gasteiger partial charge in [-0.1, -0.05) is 39.3 Å². The van der Waals surface area contributed by atoms with Crippen LogP contribution in [0.4, 0.5) is 0 Å². The molecule has 0 aliphatic carbocycles. The molecule has 0 N–H and O–H groups in total. The molecule has 0 atom stereocenters. The first kappa shape index (κ1) is 22.4. The van der Waals surface area contributed by atoms with Gasteiger partial charge in [-0.25, -0.2) is 9.97 Å². The summed E-state index contributed by atoms with van der Waals surface area (Å²) in [6.07, 6.45) is 5.64. The predicted molar refractivity (Wildman–Crippen MR) is 129 cm³/mol. The van der Waals surface area contributed by atoms with Crippen LogP contribution in [0, 0.1) is 5.92 Å². The maximum atomic E-state index is 12.9. The van der Waals surface area contributed by atoms with Crippen molar-refractivity contribution < 1.29 is 4.79 Å². The van der Waals surface area contributed by atoms with Gasteiger partial charge in [0.25, 0.3) is 5.91 Å². The van der Waals surface area contributed by atoms with Crippen molar-refractivity contribution in [1.29, 1.82) is 0 Å². The highest BCUT2D eigenvalue weighted by molar-refractivity contribution is 6.33. The second-order valence-electron chi connectivity index (χ2n) is 9.61. The Kier molecular flexibility index (Phi) is 6.29. The highest BCUT2D eigenvalue weighted by atomic mass is 35.5. The van der Waals surface area contributed by atoms with Gasteiger partial charge in [0.05, 0.1) is 10.7 Å². The van der Waals surface area contributed by atoms with E-state index in [1.165, 1.54) is 0 Å². The Morgan fingerprint density at radius 3 is 2.44 bits per heavy atom. The number of likely N-dealkylation sites (tertiary alicyclic amines) is 1. The average molecular weight is 449 g/mol. The minimum absolute atomic E-state index is 0.0338. The van der Waals surface area contributed by atoms with Crippen LogP contribution in [0.5, 0.6) is 0 Å². The van der Waals surface area contributed by atoms with Crippen LogP contribution < -0.4 is 0 Å². The number of hydrogen-bond acceptors (Lipinski definition) is 4. The molecule has 3 aromatic rings. The summed E-state index contributed by atoms with van der Waals surface area (Å²) in [5.41, 5.74) is 4.06. The number of hydrogen-bond donors (Lipinski definition) is 0. The van der Waals surface area contributed by atoms with E-state index in [0.717, 1.165) is 42.9 Å². The number of carbonyl (C=O) groups excluding carboxylic acids is 1. The second kappa shape index (κ2) is 8.99. The molecule has 1 aromatic carbocycles. The topological polar surface area (TPSA) is 59.0 Å². The van der Waals surface area contributed by atoms with E-state index in [1.807, 2.05) is 35.4 Å². The lowest BCUT2D eigenvalue weighted by Crippen LogP contribution is -2.37. The van der Waals surface area contributed by atoms with Gasteiger partial charge in [0, 0.05) is 53.3 Å². The summed E-state index contributed by atoms with van der Waals surface area (Å²) in [6.45, 7) is 10.2. The zero-order chi connectivity index (χ0) is 22.9. The smallest absolute Gasteiger partial charge is 0.253 e. The maximum Gasteiger partial charge on any atom is 0.253 e. The van der Waals surface area contributed by atoms with Crippen LogP contribution in [-0.4, -0.2) is 38.8 Å². The first-order chi connectivity index (χ1) is 15.2. The van der Waals surface area contributed by atoms with Gasteiger partial charge in [-0.05, 0) is 55.2 Å². The van der Waals surface area contributed by atoms with Crippen molar-refractivity contribution in [3.63, 3.8) is 0 Å². The number of rotatable bonds is 3. The molecule has 4 rings (SSSR count). The molecule has 2 aromatic heterocycles. The number of pyridine rings is 1. The largest absolute Gasteiger partial charge is 0.339 e. The summed E-state index contributed by atoms with van der Waals surface area (Å²) in [5, 5.41) is 0.475. The first-order valence-electron chi connectivity index (χ1n) is 11.1. The highest BCUT2D eigenvalue weighted by Crippen LogP contribution is 2.30. The van der Waals surface area contributed by atoms with Gasteiger partial charge in [0.2, 0.25) is 0 Å². The molecule has 1 amide bonds. The standard InChI is InChI=1S/C26H29ClN4O/c1-17-9-13-31(14-10-17)25(32)19-5-6-20(21(27)15-19)24-29-12-8-22(30-24)18-7-11-28-23(16-18)26(2,3)4/h5-8,11-12,15-17H,9-10,13-14H2,1-4H3. The fourth-order valence-corrected chi connectivity index (χ4v) is 4.14. The second-order valence-corrected chi connectivity index (χ2v) is 10.0. The van der Waals surface area contributed by atoms with Crippen LogP contribution in [0.1, 0.15) is 56.6 Å². The third kappa shape index (κ3) is 4.83. The molecular weight excluding hydrogens is 420 g/mol. The Balaban J connectivity index is 1.60. The molecular formula is C26H29ClN4O. The third-order valence-corrected chi connectivity index (χ3v) is 6.32. The first-order valence-corrected chi connectivity index (χ1v) is 11.5. The number of amides is 1. The fourth-order valence-electron chi connectivity index (χ4n) is 3.87. The van der Waals surface area contributed by atoms with Crippen LogP contribution >= 0.6 is 11.6 Å². The minimum Gasteiger partial charge on any atom is -0.339 e. The summed E-state index contributed by atoms with van der Waals surface area (Å²) in [5.74, 6) is 1.24. The summed E-state index contributed by atoms with van der Waals surface area (Å²) >= 11 is 6.59. The molecule has 0 spiro atoms. The average Bonchev–Trinajstić information content (AvgIpc) is 2.78. The van der Waals surface area contributed by atoms with Crippen molar-refractivity contribution in [1.82, 2.24) is 19.9 Å². The number of piperidine rings is 1. The molecule has 0 radical (unpaired) electrons. The van der Waals surface area contributed by atoms with Crippen molar-refractivity contribution in [3.8, 4) is 22.6 Å². The van der Waals surface area contributed by atoms with E-state index in [4.69, 9.17) is 16.6 Å². The van der Waals surface area contributed by atoms with Gasteiger partial charge < -0.3 is 4.90 Å². The fraction of sp³-hybridized carbons (Fsp3) is 0.385. The number of carbonyl (C=O) groups is 1. The van der Waals surface area contributed by atoms with E-state index in [2.05, 4.69) is 43.7 Å². The molecule has 1 aliphatic rings. The summed E-state index contributed by atoms with van der Waals surface area (Å²) in [4.78, 5) is 28.5. The third-order valence-electron chi connectivity index (χ3n) is 6.01. The van der Waals surface area contributed by atoms with Crippen molar-refractivity contribution in [3.05, 3.63) is 65.1 Å². The molecule has 1 fully saturated rings. The van der Waals surface area contributed by atoms with Crippen LogP contribution in [0.25, 0.3) is 22.6 Å². The Labute approximate surface area is 194 Å². The monoisotopic (exact) mass is 448 g/mol. The molecule has 6 heteroatoms. The van der Waals surface area contributed by atoms with Gasteiger partial charge >= 0.3 is 0 Å². The maximum absolute atomic E-state index is 12.9. The van der Waals surface area contributed by atoms with Gasteiger partial charge in [0.15, 0.2) is 5.82 Å². The number of aromatic nitrogens is 3. The SMILES string of the molecule is CC1CCN(C(=O)c2ccc(-c3nccc(-c4ccnc(C(C)(C)C)c4)n3)c(Cl)c2)CC1. The lowest BCUT2D eigenvalue weighted by molar-refractivity contribution is 0.0697. The molecule has 166 valence electrons. The molecule has 1 saturated heterocycles. The van der Waals surface area contributed by atoms with E-state index in [0.29, 0.717) is 27.9 Å². The van der Waals surface area contributed by atoms with Gasteiger partial charge in [-0.2, -0.15) is 0 Å². The number of nitrogens with zero attached hydrogens (tertiary/aromatic N) is 4. The summed E-state index contributed by atoms with van der Waals surface area (Å²) in [6, 6.07) is 11.3. The van der Waals surface area contributed by atoms with Crippen molar-refractivity contribution in [2.75, 3.05) is 13.1 Å². The zero-order valence-electron chi connectivity index (χ0n) is 19.1. The normalized spacial score (nSPS) is 15.1. The van der Waals surface area contributed by atoms with Gasteiger partial charge in [-0.15, -0.1) is 0 Å². The van der Waals surface area contributed by atoms with Crippen molar-refractivity contribution in [2.45, 2.75) is 46.0 Å². The van der Waals surface area contributed by atoms with Crippen molar-refractivity contribution in [2.24, 2.45) is 5.92 Å².